The lowest BCUT2D eigenvalue weighted by atomic mass is 10.2. The van der Waals surface area contributed by atoms with Crippen LogP contribution < -0.4 is 15.4 Å². The molecule has 4 nitrogen and oxygen atoms in total. The van der Waals surface area contributed by atoms with Gasteiger partial charge in [-0.3, -0.25) is 4.90 Å². The second-order valence-corrected chi connectivity index (χ2v) is 6.12. The van der Waals surface area contributed by atoms with E-state index in [9.17, 15) is 8.78 Å². The number of thiocarbonyl (C=S) groups is 1. The topological polar surface area (TPSA) is 36.5 Å². The lowest BCUT2D eigenvalue weighted by molar-refractivity contribution is -0.0498. The Kier molecular flexibility index (Phi) is 8.19. The maximum atomic E-state index is 12.1. The Bertz CT molecular complexity index is 473. The second kappa shape index (κ2) is 9.62. The van der Waals surface area contributed by atoms with E-state index in [1.165, 1.54) is 12.1 Å². The van der Waals surface area contributed by atoms with Crippen LogP contribution in [0, 0.1) is 0 Å². The predicted octanol–water partition coefficient (Wildman–Crippen LogP) is 3.69. The summed E-state index contributed by atoms with van der Waals surface area (Å²) in [6.07, 6.45) is 0. The van der Waals surface area contributed by atoms with Crippen molar-refractivity contribution in [3.8, 4) is 5.75 Å². The van der Waals surface area contributed by atoms with E-state index in [0.717, 1.165) is 13.1 Å². The molecule has 0 fully saturated rings. The molecule has 1 rings (SSSR count). The zero-order valence-corrected chi connectivity index (χ0v) is 14.8. The summed E-state index contributed by atoms with van der Waals surface area (Å²) in [7, 11) is 0. The van der Waals surface area contributed by atoms with Gasteiger partial charge in [-0.1, -0.05) is 0 Å². The average Bonchev–Trinajstić information content (AvgIpc) is 2.44. The van der Waals surface area contributed by atoms with Crippen LogP contribution in [0.5, 0.6) is 5.75 Å². The van der Waals surface area contributed by atoms with E-state index in [-0.39, 0.29) is 5.75 Å². The predicted molar refractivity (Wildman–Crippen MR) is 94.3 cm³/mol. The lowest BCUT2D eigenvalue weighted by Crippen LogP contribution is -2.43. The number of halogens is 2. The molecule has 0 spiro atoms. The Morgan fingerprint density at radius 2 is 1.70 bits per heavy atom. The first-order valence-electron chi connectivity index (χ1n) is 7.65. The minimum absolute atomic E-state index is 0.119. The molecule has 0 aliphatic carbocycles. The van der Waals surface area contributed by atoms with Crippen LogP contribution in [0.2, 0.25) is 0 Å². The van der Waals surface area contributed by atoms with Gasteiger partial charge in [0.25, 0.3) is 0 Å². The molecule has 0 atom stereocenters. The molecule has 0 saturated heterocycles. The molecule has 0 radical (unpaired) electrons. The van der Waals surface area contributed by atoms with Crippen LogP contribution in [-0.4, -0.2) is 41.8 Å². The first kappa shape index (κ1) is 19.6. The highest BCUT2D eigenvalue weighted by Gasteiger charge is 2.12. The molecule has 0 saturated carbocycles. The summed E-state index contributed by atoms with van der Waals surface area (Å²) in [6.45, 7) is 7.47. The van der Waals surface area contributed by atoms with Crippen molar-refractivity contribution in [2.75, 3.05) is 18.4 Å². The molecule has 2 N–H and O–H groups in total. The Labute approximate surface area is 142 Å². The van der Waals surface area contributed by atoms with Gasteiger partial charge in [0.2, 0.25) is 0 Å². The van der Waals surface area contributed by atoms with Gasteiger partial charge in [-0.25, -0.2) is 0 Å². The zero-order chi connectivity index (χ0) is 17.4. The summed E-state index contributed by atoms with van der Waals surface area (Å²) in [5, 5.41) is 6.66. The molecule has 1 aromatic carbocycles. The van der Waals surface area contributed by atoms with Crippen LogP contribution in [0.3, 0.4) is 0 Å². The van der Waals surface area contributed by atoms with Gasteiger partial charge in [0, 0.05) is 30.9 Å². The number of alkyl halides is 2. The van der Waals surface area contributed by atoms with E-state index in [0.29, 0.717) is 22.9 Å². The van der Waals surface area contributed by atoms with Gasteiger partial charge in [0.05, 0.1) is 0 Å². The highest BCUT2D eigenvalue weighted by molar-refractivity contribution is 7.80. The van der Waals surface area contributed by atoms with Crippen molar-refractivity contribution >= 4 is 23.0 Å². The van der Waals surface area contributed by atoms with Gasteiger partial charge in [-0.15, -0.1) is 0 Å². The zero-order valence-electron chi connectivity index (χ0n) is 14.0. The van der Waals surface area contributed by atoms with Crippen LogP contribution in [0.1, 0.15) is 27.7 Å². The normalized spacial score (nSPS) is 11.4. The van der Waals surface area contributed by atoms with E-state index < -0.39 is 6.61 Å². The Morgan fingerprint density at radius 1 is 1.13 bits per heavy atom. The van der Waals surface area contributed by atoms with E-state index in [1.54, 1.807) is 12.1 Å². The fourth-order valence-corrected chi connectivity index (χ4v) is 2.53. The SMILES string of the molecule is CC(C)N(CCNC(=S)Nc1ccc(OC(F)F)cc1)C(C)C. The number of hydrogen-bond acceptors (Lipinski definition) is 3. The van der Waals surface area contributed by atoms with Gasteiger partial charge in [-0.2, -0.15) is 8.78 Å². The maximum absolute atomic E-state index is 12.1. The maximum Gasteiger partial charge on any atom is 0.387 e. The fraction of sp³-hybridized carbons (Fsp3) is 0.562. The molecule has 0 amide bonds. The molecule has 1 aromatic rings. The summed E-state index contributed by atoms with van der Waals surface area (Å²) in [4.78, 5) is 2.37. The monoisotopic (exact) mass is 345 g/mol. The van der Waals surface area contributed by atoms with Crippen molar-refractivity contribution in [3.05, 3.63) is 24.3 Å². The molecule has 0 heterocycles. The number of ether oxygens (including phenoxy) is 1. The fourth-order valence-electron chi connectivity index (χ4n) is 2.31. The quantitative estimate of drug-likeness (QED) is 0.703. The number of hydrogen-bond donors (Lipinski definition) is 2. The smallest absolute Gasteiger partial charge is 0.387 e. The third kappa shape index (κ3) is 7.56. The summed E-state index contributed by atoms with van der Waals surface area (Å²) in [5.41, 5.74) is 0.716. The van der Waals surface area contributed by atoms with Crippen molar-refractivity contribution in [1.29, 1.82) is 0 Å². The summed E-state index contributed by atoms with van der Waals surface area (Å²) in [5.74, 6) is 0.119. The standard InChI is InChI=1S/C16H25F2N3OS/c1-11(2)21(12(3)4)10-9-19-16(23)20-13-5-7-14(8-6-13)22-15(17)18/h5-8,11-12,15H,9-10H2,1-4H3,(H2,19,20,23). The molecule has 0 aliphatic rings. The molecular formula is C16H25F2N3OS. The van der Waals surface area contributed by atoms with Gasteiger partial charge in [0.15, 0.2) is 5.11 Å². The van der Waals surface area contributed by atoms with Crippen molar-refractivity contribution in [1.82, 2.24) is 10.2 Å². The van der Waals surface area contributed by atoms with Gasteiger partial charge in [-0.05, 0) is 64.2 Å². The lowest BCUT2D eigenvalue weighted by Gasteiger charge is -2.30. The van der Waals surface area contributed by atoms with Crippen molar-refractivity contribution in [2.45, 2.75) is 46.4 Å². The molecule has 0 aliphatic heterocycles. The molecule has 0 unspecified atom stereocenters. The summed E-state index contributed by atoms with van der Waals surface area (Å²) in [6, 6.07) is 7.16. The van der Waals surface area contributed by atoms with E-state index in [2.05, 4.69) is 48.0 Å². The Balaban J connectivity index is 2.39. The molecule has 0 bridgehead atoms. The molecule has 130 valence electrons. The largest absolute Gasteiger partial charge is 0.435 e. The van der Waals surface area contributed by atoms with Crippen LogP contribution >= 0.6 is 12.2 Å². The molecule has 23 heavy (non-hydrogen) atoms. The van der Waals surface area contributed by atoms with Gasteiger partial charge >= 0.3 is 6.61 Å². The van der Waals surface area contributed by atoms with Crippen LogP contribution in [-0.2, 0) is 0 Å². The summed E-state index contributed by atoms with van der Waals surface area (Å²) < 4.78 is 28.4. The van der Waals surface area contributed by atoms with E-state index >= 15 is 0 Å². The van der Waals surface area contributed by atoms with Crippen molar-refractivity contribution in [3.63, 3.8) is 0 Å². The minimum Gasteiger partial charge on any atom is -0.435 e. The van der Waals surface area contributed by atoms with Gasteiger partial charge < -0.3 is 15.4 Å². The van der Waals surface area contributed by atoms with Crippen molar-refractivity contribution in [2.24, 2.45) is 0 Å². The number of benzene rings is 1. The second-order valence-electron chi connectivity index (χ2n) is 5.71. The number of rotatable bonds is 8. The van der Waals surface area contributed by atoms with Crippen LogP contribution in [0.4, 0.5) is 14.5 Å². The van der Waals surface area contributed by atoms with Crippen molar-refractivity contribution < 1.29 is 13.5 Å². The molecular weight excluding hydrogens is 320 g/mol. The minimum atomic E-state index is -2.82. The number of anilines is 1. The third-order valence-corrected chi connectivity index (χ3v) is 3.57. The summed E-state index contributed by atoms with van der Waals surface area (Å²) >= 11 is 5.23. The number of nitrogens with one attached hydrogen (secondary N) is 2. The first-order valence-corrected chi connectivity index (χ1v) is 8.06. The Morgan fingerprint density at radius 3 is 2.17 bits per heavy atom. The molecule has 0 aromatic heterocycles. The van der Waals surface area contributed by atoms with E-state index in [1.807, 2.05) is 0 Å². The highest BCUT2D eigenvalue weighted by Crippen LogP contribution is 2.17. The number of nitrogens with zero attached hydrogens (tertiary/aromatic N) is 1. The van der Waals surface area contributed by atoms with Gasteiger partial charge in [0.1, 0.15) is 5.75 Å². The third-order valence-electron chi connectivity index (χ3n) is 3.32. The average molecular weight is 345 g/mol. The molecule has 7 heteroatoms. The first-order chi connectivity index (χ1) is 10.8. The Hall–Kier alpha value is -1.47. The highest BCUT2D eigenvalue weighted by atomic mass is 32.1. The van der Waals surface area contributed by atoms with Crippen LogP contribution in [0.15, 0.2) is 24.3 Å². The van der Waals surface area contributed by atoms with Crippen LogP contribution in [0.25, 0.3) is 0 Å². The van der Waals surface area contributed by atoms with E-state index in [4.69, 9.17) is 12.2 Å².